The van der Waals surface area contributed by atoms with E-state index in [0.29, 0.717) is 0 Å². The first-order valence-corrected chi connectivity index (χ1v) is 30.7. The van der Waals surface area contributed by atoms with Crippen molar-refractivity contribution in [3.63, 3.8) is 0 Å². The molecule has 0 bridgehead atoms. The van der Waals surface area contributed by atoms with Crippen molar-refractivity contribution < 1.29 is 63.0 Å². The van der Waals surface area contributed by atoms with Crippen LogP contribution in [0.3, 0.4) is 0 Å². The van der Waals surface area contributed by atoms with Crippen molar-refractivity contribution in [1.29, 1.82) is 0 Å². The molecule has 24 nitrogen and oxygen atoms in total. The van der Waals surface area contributed by atoms with E-state index in [0.717, 1.165) is 9.80 Å². The number of allylic oxidation sites excluding steroid dienone is 1. The Hall–Kier alpha value is -6.17. The average Bonchev–Trinajstić information content (AvgIpc) is 1.45. The molecular formula is C62H111N11O13. The number of aliphatic hydroxyl groups excluding tert-OH is 2. The van der Waals surface area contributed by atoms with Crippen molar-refractivity contribution in [2.24, 2.45) is 41.4 Å². The summed E-state index contributed by atoms with van der Waals surface area (Å²) in [7, 11) is 9.80. The van der Waals surface area contributed by atoms with Crippen molar-refractivity contribution >= 4 is 65.0 Å². The average molecular weight is 1220 g/mol. The highest BCUT2D eigenvalue weighted by Gasteiger charge is 2.45. The van der Waals surface area contributed by atoms with Gasteiger partial charge in [0.05, 0.1) is 19.3 Å². The zero-order chi connectivity index (χ0) is 66.7. The molecule has 492 valence electrons. The number of amides is 11. The Kier molecular flexibility index (Phi) is 32.2. The van der Waals surface area contributed by atoms with E-state index in [4.69, 9.17) is 0 Å². The molecule has 0 spiro atoms. The molecule has 11 amide bonds. The lowest BCUT2D eigenvalue weighted by Crippen LogP contribution is -2.63. The molecule has 12 atom stereocenters. The highest BCUT2D eigenvalue weighted by Crippen LogP contribution is 2.26. The van der Waals surface area contributed by atoms with Crippen LogP contribution in [0.1, 0.15) is 149 Å². The minimum atomic E-state index is -1.67. The highest BCUT2D eigenvalue weighted by molar-refractivity contribution is 5.99. The van der Waals surface area contributed by atoms with Crippen molar-refractivity contribution in [3.05, 3.63) is 12.2 Å². The van der Waals surface area contributed by atoms with Gasteiger partial charge in [-0.05, 0) is 93.8 Å². The van der Waals surface area contributed by atoms with Gasteiger partial charge >= 0.3 is 0 Å². The van der Waals surface area contributed by atoms with Crippen LogP contribution in [0.5, 0.6) is 0 Å². The van der Waals surface area contributed by atoms with Crippen LogP contribution in [0.2, 0.25) is 0 Å². The summed E-state index contributed by atoms with van der Waals surface area (Å²) >= 11 is 0. The quantitative estimate of drug-likeness (QED) is 0.121. The molecule has 24 heteroatoms. The summed E-state index contributed by atoms with van der Waals surface area (Å²) in [6, 6.07) is -12.5. The molecule has 0 saturated carbocycles. The van der Waals surface area contributed by atoms with E-state index in [9.17, 15) is 53.4 Å². The Morgan fingerprint density at radius 1 is 0.453 bits per heavy atom. The molecule has 1 fully saturated rings. The molecule has 1 aliphatic heterocycles. The second-order valence-electron chi connectivity index (χ2n) is 26.2. The number of rotatable bonds is 16. The SMILES string of the molecule is CC[C@@H]1NC(=O)C([C@H](O)[C@H](C)C/C=C/CO)N(C)C(=O)C(C(C)C)N(C)C(=O)[C@H](CC(C)C)N(C)C(=O)[C@@H](CC(C)C)N(C)C(=O)[C@@H](C)NC(=O)[C@H](C)NC(=O)[C@H](CC(C)C)N(C)C(=O)C(C(C)C)NC(=O)C(CC(C)C)N(C)C(=O)CN(C)C1=O. The van der Waals surface area contributed by atoms with Crippen molar-refractivity contribution in [2.45, 2.75) is 216 Å². The van der Waals surface area contributed by atoms with Gasteiger partial charge in [-0.2, -0.15) is 0 Å². The zero-order valence-corrected chi connectivity index (χ0v) is 56.2. The zero-order valence-electron chi connectivity index (χ0n) is 56.2. The van der Waals surface area contributed by atoms with E-state index >= 15 is 9.59 Å². The number of carbonyl (C=O) groups is 11. The van der Waals surface area contributed by atoms with E-state index in [-0.39, 0.29) is 68.8 Å². The molecule has 1 rings (SSSR count). The number of likely N-dealkylation sites (N-methyl/N-ethyl adjacent to an activating group) is 7. The molecule has 1 saturated heterocycles. The molecule has 0 aromatic carbocycles. The fourth-order valence-electron chi connectivity index (χ4n) is 10.7. The number of carbonyl (C=O) groups excluding carboxylic acids is 11. The minimum absolute atomic E-state index is 0.00425. The summed E-state index contributed by atoms with van der Waals surface area (Å²) in [6.07, 6.45) is 2.22. The van der Waals surface area contributed by atoms with Gasteiger partial charge in [-0.3, -0.25) is 52.7 Å². The molecule has 4 unspecified atom stereocenters. The number of hydrogen-bond donors (Lipinski definition) is 6. The van der Waals surface area contributed by atoms with Crippen molar-refractivity contribution in [3.8, 4) is 0 Å². The smallest absolute Gasteiger partial charge is 0.246 e. The third-order valence-corrected chi connectivity index (χ3v) is 16.1. The Labute approximate surface area is 513 Å². The summed E-state index contributed by atoms with van der Waals surface area (Å²) in [6.45, 7) is 27.0. The van der Waals surface area contributed by atoms with Gasteiger partial charge in [-0.15, -0.1) is 0 Å². The second-order valence-corrected chi connectivity index (χ2v) is 26.2. The Bertz CT molecular complexity index is 2350. The minimum Gasteiger partial charge on any atom is -0.392 e. The van der Waals surface area contributed by atoms with Crippen LogP contribution >= 0.6 is 0 Å². The van der Waals surface area contributed by atoms with Crippen LogP contribution < -0.4 is 21.3 Å². The van der Waals surface area contributed by atoms with Gasteiger partial charge in [0.15, 0.2) is 0 Å². The Morgan fingerprint density at radius 3 is 1.33 bits per heavy atom. The molecule has 86 heavy (non-hydrogen) atoms. The van der Waals surface area contributed by atoms with E-state index < -0.39 is 156 Å². The molecule has 1 aliphatic rings. The summed E-state index contributed by atoms with van der Waals surface area (Å²) < 4.78 is 0. The maximum Gasteiger partial charge on any atom is 0.246 e. The number of hydrogen-bond acceptors (Lipinski definition) is 13. The Balaban J connectivity index is 4.33. The van der Waals surface area contributed by atoms with Gasteiger partial charge in [0, 0.05) is 49.3 Å². The predicted octanol–water partition coefficient (Wildman–Crippen LogP) is 2.24. The first-order valence-electron chi connectivity index (χ1n) is 30.7. The maximum absolute atomic E-state index is 15.1. The van der Waals surface area contributed by atoms with Gasteiger partial charge in [-0.1, -0.05) is 109 Å². The lowest BCUT2D eigenvalue weighted by atomic mass is 9.91. The maximum atomic E-state index is 15.1. The van der Waals surface area contributed by atoms with Crippen LogP contribution in [-0.4, -0.2) is 238 Å². The van der Waals surface area contributed by atoms with E-state index in [1.807, 2.05) is 55.4 Å². The molecule has 1 heterocycles. The fraction of sp³-hybridized carbons (Fsp3) is 0.790. The van der Waals surface area contributed by atoms with Gasteiger partial charge in [0.2, 0.25) is 65.0 Å². The monoisotopic (exact) mass is 1220 g/mol. The molecule has 0 aromatic heterocycles. The van der Waals surface area contributed by atoms with E-state index in [2.05, 4.69) is 21.3 Å². The van der Waals surface area contributed by atoms with E-state index in [1.54, 1.807) is 47.6 Å². The normalized spacial score (nSPS) is 26.7. The third kappa shape index (κ3) is 21.9. The predicted molar refractivity (Wildman–Crippen MR) is 330 cm³/mol. The lowest BCUT2D eigenvalue weighted by Gasteiger charge is -2.41. The van der Waals surface area contributed by atoms with Crippen LogP contribution in [-0.2, 0) is 52.7 Å². The number of nitrogens with zero attached hydrogens (tertiary/aromatic N) is 7. The van der Waals surface area contributed by atoms with Gasteiger partial charge < -0.3 is 65.8 Å². The molecular weight excluding hydrogens is 1110 g/mol. The standard InChI is InChI=1S/C62H111N11O13/c1-24-43-58(82)67(17)33-48(75)68(18)44(29-34(2)3)55(79)66-49(38(10)11)61(85)69(19)45(30-35(4)5)54(78)63-41(15)53(77)64-42(16)57(81)70(20)46(31-36(6)7)59(83)71(21)47(32-37(8)9)60(84)72(22)50(39(12)13)62(86)73(23)51(56(80)65-43)52(76)40(14)27-25-26-28-74/h25-26,34-47,49-52,74,76H,24,27-33H2,1-23H3,(H,63,78)(H,64,77)(H,65,80)(H,66,79)/b26-25+/t40-,41+,42-,43+,44?,45+,46-,47+,49?,50?,51?,52-/m1/s1. The van der Waals surface area contributed by atoms with Crippen molar-refractivity contribution in [2.75, 3.05) is 62.5 Å². The number of aliphatic hydroxyl groups is 2. The van der Waals surface area contributed by atoms with Crippen LogP contribution in [0.4, 0.5) is 0 Å². The molecule has 0 aliphatic carbocycles. The summed E-state index contributed by atoms with van der Waals surface area (Å²) in [5.41, 5.74) is 0. The fourth-order valence-corrected chi connectivity index (χ4v) is 10.7. The largest absolute Gasteiger partial charge is 0.392 e. The first-order chi connectivity index (χ1) is 39.7. The number of nitrogens with one attached hydrogen (secondary N) is 4. The van der Waals surface area contributed by atoms with Crippen LogP contribution in [0, 0.1) is 41.4 Å². The second kappa shape index (κ2) is 35.6. The highest BCUT2D eigenvalue weighted by atomic mass is 16.3. The third-order valence-electron chi connectivity index (χ3n) is 16.1. The van der Waals surface area contributed by atoms with Gasteiger partial charge in [0.25, 0.3) is 0 Å². The topological polar surface area (TPSA) is 299 Å². The summed E-state index contributed by atoms with van der Waals surface area (Å²) in [5, 5.41) is 32.5. The summed E-state index contributed by atoms with van der Waals surface area (Å²) in [5.74, 6) is -10.1. The lowest BCUT2D eigenvalue weighted by molar-refractivity contribution is -0.157. The first kappa shape index (κ1) is 77.8. The van der Waals surface area contributed by atoms with Gasteiger partial charge in [0.1, 0.15) is 60.4 Å². The van der Waals surface area contributed by atoms with Gasteiger partial charge in [-0.25, -0.2) is 0 Å². The Morgan fingerprint density at radius 2 is 0.872 bits per heavy atom. The molecule has 0 radical (unpaired) electrons. The van der Waals surface area contributed by atoms with Crippen LogP contribution in [0.25, 0.3) is 0 Å². The van der Waals surface area contributed by atoms with E-state index in [1.165, 1.54) is 93.8 Å². The summed E-state index contributed by atoms with van der Waals surface area (Å²) in [4.78, 5) is 168. The van der Waals surface area contributed by atoms with Crippen LogP contribution in [0.15, 0.2) is 12.2 Å². The molecule has 6 N–H and O–H groups in total. The van der Waals surface area contributed by atoms with Crippen molar-refractivity contribution in [1.82, 2.24) is 55.6 Å². The molecule has 0 aromatic rings.